The number of ether oxygens (including phenoxy) is 1. The standard InChI is InChI=1S/C11H19NO3/c1-8-4-10(2-3-15-8)12-6-9(7-13)5-11(12)14/h8-10,13H,2-7H2,1H3. The van der Waals surface area contributed by atoms with E-state index in [2.05, 4.69) is 6.92 Å². The summed E-state index contributed by atoms with van der Waals surface area (Å²) in [5.41, 5.74) is 0. The molecule has 4 heteroatoms. The van der Waals surface area contributed by atoms with Crippen molar-refractivity contribution in [2.45, 2.75) is 38.3 Å². The number of amides is 1. The average Bonchev–Trinajstić information content (AvgIpc) is 2.60. The summed E-state index contributed by atoms with van der Waals surface area (Å²) < 4.78 is 5.47. The molecule has 2 fully saturated rings. The van der Waals surface area contributed by atoms with Crippen molar-refractivity contribution < 1.29 is 14.6 Å². The Kier molecular flexibility index (Phi) is 3.26. The van der Waals surface area contributed by atoms with Gasteiger partial charge in [-0.2, -0.15) is 0 Å². The Morgan fingerprint density at radius 1 is 1.60 bits per heavy atom. The predicted molar refractivity (Wildman–Crippen MR) is 55.3 cm³/mol. The molecular formula is C11H19NO3. The van der Waals surface area contributed by atoms with E-state index >= 15 is 0 Å². The second-order valence-corrected chi connectivity index (χ2v) is 4.66. The van der Waals surface area contributed by atoms with Crippen molar-refractivity contribution in [2.24, 2.45) is 5.92 Å². The summed E-state index contributed by atoms with van der Waals surface area (Å²) in [6.45, 7) is 3.66. The first-order valence-corrected chi connectivity index (χ1v) is 5.72. The molecule has 86 valence electrons. The molecule has 1 amide bonds. The molecule has 3 unspecified atom stereocenters. The van der Waals surface area contributed by atoms with Gasteiger partial charge in [-0.25, -0.2) is 0 Å². The molecule has 0 saturated carbocycles. The summed E-state index contributed by atoms with van der Waals surface area (Å²) in [4.78, 5) is 13.7. The fourth-order valence-corrected chi connectivity index (χ4v) is 2.54. The van der Waals surface area contributed by atoms with Gasteiger partial charge in [0, 0.05) is 38.1 Å². The number of likely N-dealkylation sites (tertiary alicyclic amines) is 1. The summed E-state index contributed by atoms with van der Waals surface area (Å²) in [5, 5.41) is 9.05. The number of nitrogens with zero attached hydrogens (tertiary/aromatic N) is 1. The van der Waals surface area contributed by atoms with E-state index in [9.17, 15) is 4.79 Å². The second kappa shape index (κ2) is 4.49. The molecule has 0 aromatic rings. The third-order valence-electron chi connectivity index (χ3n) is 3.39. The Morgan fingerprint density at radius 2 is 2.40 bits per heavy atom. The maximum atomic E-state index is 11.7. The van der Waals surface area contributed by atoms with E-state index in [1.54, 1.807) is 0 Å². The van der Waals surface area contributed by atoms with Crippen LogP contribution in [-0.4, -0.2) is 47.8 Å². The van der Waals surface area contributed by atoms with Crippen molar-refractivity contribution in [3.8, 4) is 0 Å². The maximum absolute atomic E-state index is 11.7. The van der Waals surface area contributed by atoms with Crippen molar-refractivity contribution in [3.63, 3.8) is 0 Å². The lowest BCUT2D eigenvalue weighted by Gasteiger charge is -2.34. The fraction of sp³-hybridized carbons (Fsp3) is 0.909. The first kappa shape index (κ1) is 10.9. The molecule has 0 aromatic carbocycles. The molecule has 1 N–H and O–H groups in total. The lowest BCUT2D eigenvalue weighted by molar-refractivity contribution is -0.132. The van der Waals surface area contributed by atoms with Gasteiger partial charge in [-0.15, -0.1) is 0 Å². The van der Waals surface area contributed by atoms with Crippen molar-refractivity contribution in [2.75, 3.05) is 19.8 Å². The third kappa shape index (κ3) is 2.32. The van der Waals surface area contributed by atoms with E-state index in [4.69, 9.17) is 9.84 Å². The number of carbonyl (C=O) groups excluding carboxylic acids is 1. The monoisotopic (exact) mass is 213 g/mol. The third-order valence-corrected chi connectivity index (χ3v) is 3.39. The highest BCUT2D eigenvalue weighted by Gasteiger charge is 2.35. The fourth-order valence-electron chi connectivity index (χ4n) is 2.54. The summed E-state index contributed by atoms with van der Waals surface area (Å²) in [5.74, 6) is 0.351. The largest absolute Gasteiger partial charge is 0.396 e. The zero-order valence-electron chi connectivity index (χ0n) is 9.19. The van der Waals surface area contributed by atoms with Crippen LogP contribution in [0.1, 0.15) is 26.2 Å². The lowest BCUT2D eigenvalue weighted by atomic mass is 10.0. The van der Waals surface area contributed by atoms with Crippen molar-refractivity contribution in [3.05, 3.63) is 0 Å². The Morgan fingerprint density at radius 3 is 3.00 bits per heavy atom. The van der Waals surface area contributed by atoms with Gasteiger partial charge >= 0.3 is 0 Å². The quantitative estimate of drug-likeness (QED) is 0.722. The molecule has 0 spiro atoms. The van der Waals surface area contributed by atoms with Crippen LogP contribution in [0, 0.1) is 5.92 Å². The topological polar surface area (TPSA) is 49.8 Å². The zero-order valence-corrected chi connectivity index (χ0v) is 9.19. The molecule has 2 aliphatic heterocycles. The van der Waals surface area contributed by atoms with Crippen LogP contribution < -0.4 is 0 Å². The molecule has 2 rings (SSSR count). The van der Waals surface area contributed by atoms with Gasteiger partial charge in [-0.1, -0.05) is 0 Å². The summed E-state index contributed by atoms with van der Waals surface area (Å²) >= 11 is 0. The highest BCUT2D eigenvalue weighted by atomic mass is 16.5. The average molecular weight is 213 g/mol. The smallest absolute Gasteiger partial charge is 0.223 e. The zero-order chi connectivity index (χ0) is 10.8. The minimum Gasteiger partial charge on any atom is -0.396 e. The molecule has 0 bridgehead atoms. The molecular weight excluding hydrogens is 194 g/mol. The number of rotatable bonds is 2. The van der Waals surface area contributed by atoms with Gasteiger partial charge in [0.2, 0.25) is 5.91 Å². The molecule has 0 radical (unpaired) electrons. The van der Waals surface area contributed by atoms with E-state index in [1.165, 1.54) is 0 Å². The highest BCUT2D eigenvalue weighted by Crippen LogP contribution is 2.26. The van der Waals surface area contributed by atoms with Crippen molar-refractivity contribution in [1.29, 1.82) is 0 Å². The van der Waals surface area contributed by atoms with E-state index < -0.39 is 0 Å². The van der Waals surface area contributed by atoms with E-state index in [0.29, 0.717) is 12.5 Å². The minimum absolute atomic E-state index is 0.126. The summed E-state index contributed by atoms with van der Waals surface area (Å²) in [6.07, 6.45) is 2.64. The summed E-state index contributed by atoms with van der Waals surface area (Å²) in [6, 6.07) is 0.331. The predicted octanol–water partition coefficient (Wildman–Crippen LogP) is 0.395. The Balaban J connectivity index is 1.95. The van der Waals surface area contributed by atoms with Gasteiger partial charge in [0.15, 0.2) is 0 Å². The number of carbonyl (C=O) groups is 1. The van der Waals surface area contributed by atoms with Gasteiger partial charge in [-0.3, -0.25) is 4.79 Å². The summed E-state index contributed by atoms with van der Waals surface area (Å²) in [7, 11) is 0. The molecule has 2 aliphatic rings. The van der Waals surface area contributed by atoms with Gasteiger partial charge in [0.25, 0.3) is 0 Å². The SMILES string of the molecule is CC1CC(N2CC(CO)CC2=O)CCO1. The van der Waals surface area contributed by atoms with Crippen LogP contribution in [0.5, 0.6) is 0 Å². The molecule has 0 aromatic heterocycles. The first-order chi connectivity index (χ1) is 7.20. The van der Waals surface area contributed by atoms with E-state index in [-0.39, 0.29) is 24.5 Å². The minimum atomic E-state index is 0.126. The van der Waals surface area contributed by atoms with E-state index in [0.717, 1.165) is 26.0 Å². The van der Waals surface area contributed by atoms with Gasteiger partial charge in [0.1, 0.15) is 0 Å². The van der Waals surface area contributed by atoms with E-state index in [1.807, 2.05) is 4.90 Å². The molecule has 0 aliphatic carbocycles. The van der Waals surface area contributed by atoms with Crippen LogP contribution in [0.15, 0.2) is 0 Å². The molecule has 2 heterocycles. The van der Waals surface area contributed by atoms with Gasteiger partial charge in [0.05, 0.1) is 6.10 Å². The van der Waals surface area contributed by atoms with Gasteiger partial charge < -0.3 is 14.7 Å². The number of hydrogen-bond acceptors (Lipinski definition) is 3. The molecule has 3 atom stereocenters. The number of aliphatic hydroxyl groups excluding tert-OH is 1. The first-order valence-electron chi connectivity index (χ1n) is 5.72. The van der Waals surface area contributed by atoms with Gasteiger partial charge in [-0.05, 0) is 19.8 Å². The second-order valence-electron chi connectivity index (χ2n) is 4.66. The number of hydrogen-bond donors (Lipinski definition) is 1. The maximum Gasteiger partial charge on any atom is 0.223 e. The Hall–Kier alpha value is -0.610. The molecule has 15 heavy (non-hydrogen) atoms. The number of aliphatic hydroxyl groups is 1. The van der Waals surface area contributed by atoms with Crippen LogP contribution in [0.25, 0.3) is 0 Å². The lowest BCUT2D eigenvalue weighted by Crippen LogP contribution is -2.42. The Labute approximate surface area is 90.2 Å². The van der Waals surface area contributed by atoms with Crippen LogP contribution in [-0.2, 0) is 9.53 Å². The molecule has 2 saturated heterocycles. The molecule has 4 nitrogen and oxygen atoms in total. The highest BCUT2D eigenvalue weighted by molar-refractivity contribution is 5.79. The Bertz CT molecular complexity index is 244. The van der Waals surface area contributed by atoms with Crippen LogP contribution >= 0.6 is 0 Å². The van der Waals surface area contributed by atoms with Crippen LogP contribution in [0.3, 0.4) is 0 Å². The van der Waals surface area contributed by atoms with Crippen LogP contribution in [0.4, 0.5) is 0 Å². The normalized spacial score (nSPS) is 37.3. The van der Waals surface area contributed by atoms with Crippen LogP contribution in [0.2, 0.25) is 0 Å². The van der Waals surface area contributed by atoms with Crippen molar-refractivity contribution >= 4 is 5.91 Å². The van der Waals surface area contributed by atoms with Crippen molar-refractivity contribution in [1.82, 2.24) is 4.90 Å².